The molecule has 0 aliphatic heterocycles. The third-order valence-corrected chi connectivity index (χ3v) is 2.22. The quantitative estimate of drug-likeness (QED) is 0.625. The zero-order chi connectivity index (χ0) is 8.72. The van der Waals surface area contributed by atoms with E-state index >= 15 is 0 Å². The van der Waals surface area contributed by atoms with Crippen molar-refractivity contribution < 1.29 is 0 Å². The molecule has 2 N–H and O–H groups in total. The number of hydrogen-bond acceptors (Lipinski definition) is 3. The fraction of sp³-hybridized carbons (Fsp3) is 0.250. The summed E-state index contributed by atoms with van der Waals surface area (Å²) < 4.78 is 1.92. The highest BCUT2D eigenvalue weighted by molar-refractivity contribution is 5.87. The summed E-state index contributed by atoms with van der Waals surface area (Å²) in [6, 6.07) is 0. The van der Waals surface area contributed by atoms with E-state index in [1.807, 2.05) is 18.5 Å². The number of rotatable bonds is 0. The Labute approximate surface area is 70.0 Å². The molecule has 12 heavy (non-hydrogen) atoms. The van der Waals surface area contributed by atoms with E-state index in [-0.39, 0.29) is 0 Å². The Morgan fingerprint density at radius 2 is 2.00 bits per heavy atom. The zero-order valence-corrected chi connectivity index (χ0v) is 7.07. The van der Waals surface area contributed by atoms with Crippen molar-refractivity contribution in [3.05, 3.63) is 18.0 Å². The molecule has 0 fully saturated rings. The molecule has 4 heteroatoms. The summed E-state index contributed by atoms with van der Waals surface area (Å²) in [6.07, 6.45) is 3.46. The zero-order valence-electron chi connectivity index (χ0n) is 7.07. The largest absolute Gasteiger partial charge is 0.385 e. The molecular weight excluding hydrogens is 152 g/mol. The van der Waals surface area contributed by atoms with Crippen molar-refractivity contribution in [1.29, 1.82) is 0 Å². The Morgan fingerprint density at radius 3 is 2.67 bits per heavy atom. The Hall–Kier alpha value is -1.58. The van der Waals surface area contributed by atoms with E-state index in [1.165, 1.54) is 0 Å². The minimum atomic E-state index is 0.778. The van der Waals surface area contributed by atoms with Gasteiger partial charge in [0.1, 0.15) is 5.82 Å². The molecule has 0 aliphatic carbocycles. The molecule has 0 amide bonds. The minimum absolute atomic E-state index is 0.778. The smallest absolute Gasteiger partial charge is 0.107 e. The average Bonchev–Trinajstić information content (AvgIpc) is 2.33. The fourth-order valence-electron chi connectivity index (χ4n) is 1.39. The van der Waals surface area contributed by atoms with Crippen LogP contribution < -0.4 is 5.73 Å². The topological polar surface area (TPSA) is 56.7 Å². The Kier molecular flexibility index (Phi) is 1.30. The van der Waals surface area contributed by atoms with Crippen molar-refractivity contribution in [1.82, 2.24) is 14.8 Å². The third kappa shape index (κ3) is 0.717. The first kappa shape index (κ1) is 7.09. The number of nitrogens with two attached hydrogens (primary N) is 1. The van der Waals surface area contributed by atoms with Crippen molar-refractivity contribution in [2.24, 2.45) is 7.05 Å². The number of aryl methyl sites for hydroxylation is 2. The van der Waals surface area contributed by atoms with Gasteiger partial charge in [-0.25, -0.2) is 0 Å². The van der Waals surface area contributed by atoms with Crippen LogP contribution >= 0.6 is 0 Å². The minimum Gasteiger partial charge on any atom is -0.385 e. The lowest BCUT2D eigenvalue weighted by Crippen LogP contribution is -1.96. The number of anilines is 1. The molecule has 62 valence electrons. The monoisotopic (exact) mass is 162 g/mol. The SMILES string of the molecule is Cc1c(N)n(C)c2cnncc12. The normalized spacial score (nSPS) is 10.8. The van der Waals surface area contributed by atoms with Gasteiger partial charge in [-0.15, -0.1) is 0 Å². The summed E-state index contributed by atoms with van der Waals surface area (Å²) in [6.45, 7) is 1.99. The number of fused-ring (bicyclic) bond motifs is 1. The van der Waals surface area contributed by atoms with Gasteiger partial charge in [0.05, 0.1) is 17.9 Å². The van der Waals surface area contributed by atoms with E-state index in [4.69, 9.17) is 5.73 Å². The predicted molar refractivity (Wildman–Crippen MR) is 47.7 cm³/mol. The molecule has 0 saturated heterocycles. The van der Waals surface area contributed by atoms with Crippen LogP contribution in [-0.4, -0.2) is 14.8 Å². The van der Waals surface area contributed by atoms with Gasteiger partial charge in [-0.2, -0.15) is 10.2 Å². The Bertz CT molecular complexity index is 391. The molecule has 0 aliphatic rings. The second-order valence-corrected chi connectivity index (χ2v) is 2.86. The lowest BCUT2D eigenvalue weighted by atomic mass is 10.2. The number of nitrogen functional groups attached to an aromatic ring is 1. The lowest BCUT2D eigenvalue weighted by Gasteiger charge is -1.96. The molecule has 0 radical (unpaired) electrons. The first-order valence-corrected chi connectivity index (χ1v) is 3.73. The predicted octanol–water partition coefficient (Wildman–Crippen LogP) is 0.859. The van der Waals surface area contributed by atoms with Crippen LogP contribution in [0.1, 0.15) is 5.56 Å². The van der Waals surface area contributed by atoms with Crippen molar-refractivity contribution in [3.8, 4) is 0 Å². The molecule has 2 heterocycles. The second-order valence-electron chi connectivity index (χ2n) is 2.86. The van der Waals surface area contributed by atoms with Gasteiger partial charge in [-0.1, -0.05) is 0 Å². The van der Waals surface area contributed by atoms with Crippen molar-refractivity contribution >= 4 is 16.7 Å². The van der Waals surface area contributed by atoms with Crippen LogP contribution in [0.4, 0.5) is 5.82 Å². The highest BCUT2D eigenvalue weighted by atomic mass is 15.1. The summed E-state index contributed by atoms with van der Waals surface area (Å²) in [4.78, 5) is 0. The molecule has 0 saturated carbocycles. The van der Waals surface area contributed by atoms with E-state index in [2.05, 4.69) is 10.2 Å². The highest BCUT2D eigenvalue weighted by Gasteiger charge is 2.07. The van der Waals surface area contributed by atoms with E-state index in [0.29, 0.717) is 0 Å². The standard InChI is InChI=1S/C8H10N4/c1-5-6-3-10-11-4-7(6)12(2)8(5)9/h3-4H,9H2,1-2H3. The van der Waals surface area contributed by atoms with Crippen LogP contribution in [0.15, 0.2) is 12.4 Å². The number of hydrogen-bond donors (Lipinski definition) is 1. The Balaban J connectivity index is 2.99. The van der Waals surface area contributed by atoms with Gasteiger partial charge in [0, 0.05) is 18.0 Å². The second kappa shape index (κ2) is 2.20. The van der Waals surface area contributed by atoms with E-state index in [1.54, 1.807) is 12.4 Å². The van der Waals surface area contributed by atoms with Gasteiger partial charge in [0.2, 0.25) is 0 Å². The van der Waals surface area contributed by atoms with Crippen LogP contribution in [0.25, 0.3) is 10.9 Å². The summed E-state index contributed by atoms with van der Waals surface area (Å²) in [5.74, 6) is 0.778. The maximum absolute atomic E-state index is 5.82. The summed E-state index contributed by atoms with van der Waals surface area (Å²) >= 11 is 0. The molecule has 2 aromatic rings. The molecule has 0 aromatic carbocycles. The van der Waals surface area contributed by atoms with E-state index < -0.39 is 0 Å². The van der Waals surface area contributed by atoms with Crippen LogP contribution in [-0.2, 0) is 7.05 Å². The molecule has 0 bridgehead atoms. The molecule has 0 spiro atoms. The third-order valence-electron chi connectivity index (χ3n) is 2.22. The van der Waals surface area contributed by atoms with Gasteiger partial charge in [0.15, 0.2) is 0 Å². The highest BCUT2D eigenvalue weighted by Crippen LogP contribution is 2.23. The van der Waals surface area contributed by atoms with Crippen molar-refractivity contribution in [2.45, 2.75) is 6.92 Å². The molecular formula is C8H10N4. The van der Waals surface area contributed by atoms with Crippen molar-refractivity contribution in [2.75, 3.05) is 5.73 Å². The molecule has 0 unspecified atom stereocenters. The van der Waals surface area contributed by atoms with E-state index in [9.17, 15) is 0 Å². The lowest BCUT2D eigenvalue weighted by molar-refractivity contribution is 0.961. The summed E-state index contributed by atoms with van der Waals surface area (Å²) in [5.41, 5.74) is 7.92. The maximum Gasteiger partial charge on any atom is 0.107 e. The first-order valence-electron chi connectivity index (χ1n) is 3.73. The average molecular weight is 162 g/mol. The van der Waals surface area contributed by atoms with E-state index in [0.717, 1.165) is 22.3 Å². The number of nitrogens with zero attached hydrogens (tertiary/aromatic N) is 3. The van der Waals surface area contributed by atoms with Crippen LogP contribution in [0.3, 0.4) is 0 Å². The van der Waals surface area contributed by atoms with Crippen LogP contribution in [0.2, 0.25) is 0 Å². The van der Waals surface area contributed by atoms with Crippen molar-refractivity contribution in [3.63, 3.8) is 0 Å². The van der Waals surface area contributed by atoms with Gasteiger partial charge in [-0.05, 0) is 6.92 Å². The maximum atomic E-state index is 5.82. The van der Waals surface area contributed by atoms with Gasteiger partial charge >= 0.3 is 0 Å². The Morgan fingerprint density at radius 1 is 1.33 bits per heavy atom. The fourth-order valence-corrected chi connectivity index (χ4v) is 1.39. The summed E-state index contributed by atoms with van der Waals surface area (Å²) in [5, 5.41) is 8.69. The van der Waals surface area contributed by atoms with Crippen LogP contribution in [0.5, 0.6) is 0 Å². The molecule has 0 atom stereocenters. The molecule has 2 aromatic heterocycles. The van der Waals surface area contributed by atoms with Gasteiger partial charge < -0.3 is 10.3 Å². The van der Waals surface area contributed by atoms with Gasteiger partial charge in [0.25, 0.3) is 0 Å². The van der Waals surface area contributed by atoms with Crippen LogP contribution in [0, 0.1) is 6.92 Å². The molecule has 2 rings (SSSR count). The molecule has 4 nitrogen and oxygen atoms in total. The first-order chi connectivity index (χ1) is 5.72. The summed E-state index contributed by atoms with van der Waals surface area (Å²) in [7, 11) is 1.92. The number of aromatic nitrogens is 3. The van der Waals surface area contributed by atoms with Gasteiger partial charge in [-0.3, -0.25) is 0 Å².